The highest BCUT2D eigenvalue weighted by Crippen LogP contribution is 2.33. The fraction of sp³-hybridized carbons (Fsp3) is 0.211. The molecule has 0 atom stereocenters. The number of rotatable bonds is 7. The number of ether oxygens (including phenoxy) is 2. The third-order valence-corrected chi connectivity index (χ3v) is 4.61. The summed E-state index contributed by atoms with van der Waals surface area (Å²) in [5, 5.41) is 11.6. The van der Waals surface area contributed by atoms with Crippen molar-refractivity contribution in [3.8, 4) is 22.9 Å². The Kier molecular flexibility index (Phi) is 6.41. The van der Waals surface area contributed by atoms with Gasteiger partial charge in [0.25, 0.3) is 0 Å². The molecule has 0 aliphatic rings. The molecular weight excluding hydrogens is 428 g/mol. The number of H-pyrrole nitrogens is 1. The van der Waals surface area contributed by atoms with E-state index in [2.05, 4.69) is 31.2 Å². The highest BCUT2D eigenvalue weighted by Gasteiger charge is 2.11. The van der Waals surface area contributed by atoms with Crippen molar-refractivity contribution in [3.05, 3.63) is 57.3 Å². The van der Waals surface area contributed by atoms with Gasteiger partial charge in [-0.15, -0.1) is 0 Å². The van der Waals surface area contributed by atoms with Crippen molar-refractivity contribution >= 4 is 34.4 Å². The number of aromatic amines is 1. The lowest BCUT2D eigenvalue weighted by molar-refractivity contribution is 0.287. The van der Waals surface area contributed by atoms with Gasteiger partial charge in [-0.2, -0.15) is 14.9 Å². The third kappa shape index (κ3) is 4.45. The summed E-state index contributed by atoms with van der Waals surface area (Å²) in [7, 11) is 0. The standard InChI is InChI=1S/C19H19BrN4O2S/c1-3-25-16-10-14(15(20)11-17(16)26-4-2)12-21-24-18(22-23-19(24)27)13-8-6-5-7-9-13/h5-12H,3-4H2,1-2H3,(H,23,27)/b21-12-. The van der Waals surface area contributed by atoms with Crippen LogP contribution in [0.2, 0.25) is 0 Å². The molecular formula is C19H19BrN4O2S. The zero-order valence-corrected chi connectivity index (χ0v) is 17.4. The second-order valence-corrected chi connectivity index (χ2v) is 6.70. The molecule has 0 amide bonds. The fourth-order valence-corrected chi connectivity index (χ4v) is 3.08. The van der Waals surface area contributed by atoms with Gasteiger partial charge in [-0.1, -0.05) is 30.3 Å². The minimum absolute atomic E-state index is 0.414. The summed E-state index contributed by atoms with van der Waals surface area (Å²) < 4.78 is 14.2. The first-order valence-electron chi connectivity index (χ1n) is 8.50. The summed E-state index contributed by atoms with van der Waals surface area (Å²) in [5.41, 5.74) is 1.76. The summed E-state index contributed by atoms with van der Waals surface area (Å²) in [6.45, 7) is 4.97. The number of nitrogens with zero attached hydrogens (tertiary/aromatic N) is 3. The molecule has 1 heterocycles. The van der Waals surface area contributed by atoms with Gasteiger partial charge >= 0.3 is 0 Å². The van der Waals surface area contributed by atoms with Gasteiger partial charge in [0.2, 0.25) is 4.77 Å². The summed E-state index contributed by atoms with van der Waals surface area (Å²) in [4.78, 5) is 0. The van der Waals surface area contributed by atoms with Gasteiger partial charge in [0, 0.05) is 15.6 Å². The Bertz CT molecular complexity index is 999. The zero-order chi connectivity index (χ0) is 19.2. The first-order chi connectivity index (χ1) is 13.1. The van der Waals surface area contributed by atoms with E-state index in [1.807, 2.05) is 56.3 Å². The minimum Gasteiger partial charge on any atom is -0.490 e. The predicted octanol–water partition coefficient (Wildman–Crippen LogP) is 5.05. The van der Waals surface area contributed by atoms with Crippen LogP contribution in [0, 0.1) is 4.77 Å². The van der Waals surface area contributed by atoms with Crippen LogP contribution in [0.3, 0.4) is 0 Å². The van der Waals surface area contributed by atoms with Gasteiger partial charge in [0.1, 0.15) is 0 Å². The molecule has 6 nitrogen and oxygen atoms in total. The molecule has 0 aliphatic heterocycles. The van der Waals surface area contributed by atoms with Crippen molar-refractivity contribution in [3.63, 3.8) is 0 Å². The first-order valence-corrected chi connectivity index (χ1v) is 9.70. The lowest BCUT2D eigenvalue weighted by atomic mass is 10.2. The van der Waals surface area contributed by atoms with E-state index in [-0.39, 0.29) is 0 Å². The van der Waals surface area contributed by atoms with E-state index in [4.69, 9.17) is 21.7 Å². The van der Waals surface area contributed by atoms with Crippen LogP contribution in [0.15, 0.2) is 52.0 Å². The lowest BCUT2D eigenvalue weighted by Gasteiger charge is -2.12. The highest BCUT2D eigenvalue weighted by atomic mass is 79.9. The number of hydrogen-bond acceptors (Lipinski definition) is 5. The SMILES string of the molecule is CCOc1cc(Br)c(/C=N\n2c(-c3ccccc3)n[nH]c2=S)cc1OCC. The first kappa shape index (κ1) is 19.3. The topological polar surface area (TPSA) is 64.4 Å². The predicted molar refractivity (Wildman–Crippen MR) is 112 cm³/mol. The van der Waals surface area contributed by atoms with E-state index in [1.165, 1.54) is 0 Å². The van der Waals surface area contributed by atoms with Crippen molar-refractivity contribution in [2.45, 2.75) is 13.8 Å². The fourth-order valence-electron chi connectivity index (χ4n) is 2.48. The molecule has 140 valence electrons. The molecule has 8 heteroatoms. The van der Waals surface area contributed by atoms with E-state index >= 15 is 0 Å². The maximum Gasteiger partial charge on any atom is 0.216 e. The van der Waals surface area contributed by atoms with Crippen LogP contribution in [0.5, 0.6) is 11.5 Å². The van der Waals surface area contributed by atoms with Gasteiger partial charge in [0.15, 0.2) is 17.3 Å². The quantitative estimate of drug-likeness (QED) is 0.407. The number of halogens is 1. The lowest BCUT2D eigenvalue weighted by Crippen LogP contribution is -2.00. The van der Waals surface area contributed by atoms with E-state index in [9.17, 15) is 0 Å². The van der Waals surface area contributed by atoms with E-state index in [1.54, 1.807) is 10.9 Å². The average Bonchev–Trinajstić information content (AvgIpc) is 3.04. The second kappa shape index (κ2) is 8.96. The number of aromatic nitrogens is 3. The number of nitrogens with one attached hydrogen (secondary N) is 1. The van der Waals surface area contributed by atoms with Crippen molar-refractivity contribution < 1.29 is 9.47 Å². The van der Waals surface area contributed by atoms with Crippen LogP contribution in [-0.4, -0.2) is 34.3 Å². The van der Waals surface area contributed by atoms with Crippen LogP contribution < -0.4 is 9.47 Å². The maximum absolute atomic E-state index is 5.69. The molecule has 2 aromatic carbocycles. The van der Waals surface area contributed by atoms with Crippen LogP contribution in [0.4, 0.5) is 0 Å². The Labute approximate surface area is 171 Å². The average molecular weight is 447 g/mol. The van der Waals surface area contributed by atoms with Crippen LogP contribution in [0.25, 0.3) is 11.4 Å². The molecule has 0 saturated heterocycles. The molecule has 0 radical (unpaired) electrons. The Morgan fingerprint density at radius 3 is 2.48 bits per heavy atom. The van der Waals surface area contributed by atoms with Crippen molar-refractivity contribution in [2.24, 2.45) is 5.10 Å². The van der Waals surface area contributed by atoms with Crippen LogP contribution >= 0.6 is 28.1 Å². The maximum atomic E-state index is 5.69. The second-order valence-electron chi connectivity index (χ2n) is 5.46. The summed E-state index contributed by atoms with van der Waals surface area (Å²) >= 11 is 8.88. The molecule has 0 unspecified atom stereocenters. The van der Waals surface area contributed by atoms with Crippen molar-refractivity contribution in [1.82, 2.24) is 14.9 Å². The van der Waals surface area contributed by atoms with Gasteiger partial charge in [-0.25, -0.2) is 5.10 Å². The van der Waals surface area contributed by atoms with Crippen LogP contribution in [-0.2, 0) is 0 Å². The molecule has 0 spiro atoms. The summed E-state index contributed by atoms with van der Waals surface area (Å²) in [6.07, 6.45) is 1.71. The van der Waals surface area contributed by atoms with Gasteiger partial charge in [0.05, 0.1) is 19.4 Å². The Hall–Kier alpha value is -2.45. The molecule has 1 N–H and O–H groups in total. The van der Waals surface area contributed by atoms with Crippen LogP contribution in [0.1, 0.15) is 19.4 Å². The van der Waals surface area contributed by atoms with Crippen molar-refractivity contribution in [2.75, 3.05) is 13.2 Å². The van der Waals surface area contributed by atoms with Gasteiger partial charge in [-0.3, -0.25) is 0 Å². The molecule has 27 heavy (non-hydrogen) atoms. The van der Waals surface area contributed by atoms with Gasteiger partial charge < -0.3 is 9.47 Å². The Morgan fingerprint density at radius 2 is 1.81 bits per heavy atom. The molecule has 0 bridgehead atoms. The largest absolute Gasteiger partial charge is 0.490 e. The van der Waals surface area contributed by atoms with E-state index in [0.717, 1.165) is 15.6 Å². The third-order valence-electron chi connectivity index (χ3n) is 3.66. The Balaban J connectivity index is 1.99. The van der Waals surface area contributed by atoms with E-state index in [0.29, 0.717) is 35.3 Å². The number of benzene rings is 2. The number of hydrogen-bond donors (Lipinski definition) is 1. The monoisotopic (exact) mass is 446 g/mol. The van der Waals surface area contributed by atoms with Crippen molar-refractivity contribution in [1.29, 1.82) is 0 Å². The molecule has 0 fully saturated rings. The molecule has 1 aromatic heterocycles. The summed E-state index contributed by atoms with van der Waals surface area (Å²) in [6, 6.07) is 13.5. The van der Waals surface area contributed by atoms with E-state index < -0.39 is 0 Å². The Morgan fingerprint density at radius 1 is 1.15 bits per heavy atom. The zero-order valence-electron chi connectivity index (χ0n) is 15.0. The molecule has 0 saturated carbocycles. The highest BCUT2D eigenvalue weighted by molar-refractivity contribution is 9.10. The molecule has 0 aliphatic carbocycles. The smallest absolute Gasteiger partial charge is 0.216 e. The normalized spacial score (nSPS) is 11.1. The minimum atomic E-state index is 0.414. The summed E-state index contributed by atoms with van der Waals surface area (Å²) in [5.74, 6) is 2.00. The van der Waals surface area contributed by atoms with Gasteiger partial charge in [-0.05, 0) is 54.1 Å². The molecule has 3 rings (SSSR count). The molecule has 3 aromatic rings.